The number of carbonyl (C=O) groups excluding carboxylic acids is 1. The number of nitrogens with one attached hydrogen (secondary N) is 1. The number of fused-ring (bicyclic) bond motifs is 1. The number of pyridine rings is 1. The van der Waals surface area contributed by atoms with Gasteiger partial charge in [0.05, 0.1) is 5.52 Å². The van der Waals surface area contributed by atoms with E-state index in [9.17, 15) is 19.5 Å². The molecule has 0 saturated heterocycles. The number of aromatic nitrogens is 1. The fourth-order valence-electron chi connectivity index (χ4n) is 3.11. The van der Waals surface area contributed by atoms with Gasteiger partial charge < -0.3 is 20.1 Å². The van der Waals surface area contributed by atoms with Gasteiger partial charge in [-0.1, -0.05) is 13.0 Å². The van der Waals surface area contributed by atoms with Gasteiger partial charge in [0.15, 0.2) is 0 Å². The van der Waals surface area contributed by atoms with E-state index in [1.54, 1.807) is 30.4 Å². The zero-order valence-electron chi connectivity index (χ0n) is 15.6. The van der Waals surface area contributed by atoms with E-state index in [4.69, 9.17) is 5.11 Å². The summed E-state index contributed by atoms with van der Waals surface area (Å²) in [5.74, 6) is -2.57. The normalized spacial score (nSPS) is 12.1. The summed E-state index contributed by atoms with van der Waals surface area (Å²) in [6.07, 6.45) is 0.150. The highest BCUT2D eigenvalue weighted by Crippen LogP contribution is 2.34. The second-order valence-electron chi connectivity index (χ2n) is 6.52. The third-order valence-electron chi connectivity index (χ3n) is 4.73. The van der Waals surface area contributed by atoms with Crippen molar-refractivity contribution in [1.82, 2.24) is 9.88 Å². The number of benzene rings is 1. The van der Waals surface area contributed by atoms with Crippen LogP contribution in [-0.2, 0) is 11.8 Å². The molecule has 1 atom stereocenters. The van der Waals surface area contributed by atoms with Crippen molar-refractivity contribution in [3.8, 4) is 16.2 Å². The predicted octanol–water partition coefficient (Wildman–Crippen LogP) is 2.87. The Morgan fingerprint density at radius 1 is 1.29 bits per heavy atom. The lowest BCUT2D eigenvalue weighted by Gasteiger charge is -2.15. The van der Waals surface area contributed by atoms with Crippen molar-refractivity contribution in [1.29, 1.82) is 0 Å². The van der Waals surface area contributed by atoms with Gasteiger partial charge >= 0.3 is 5.97 Å². The second kappa shape index (κ2) is 7.47. The minimum atomic E-state index is -1.21. The van der Waals surface area contributed by atoms with E-state index in [0.29, 0.717) is 10.9 Å². The van der Waals surface area contributed by atoms with E-state index in [0.717, 1.165) is 16.0 Å². The lowest BCUT2D eigenvalue weighted by Crippen LogP contribution is -2.42. The Morgan fingerprint density at radius 3 is 2.57 bits per heavy atom. The van der Waals surface area contributed by atoms with Crippen molar-refractivity contribution >= 4 is 34.1 Å². The number of hydrogen-bond acceptors (Lipinski definition) is 5. The average Bonchev–Trinajstić information content (AvgIpc) is 3.09. The van der Waals surface area contributed by atoms with Gasteiger partial charge in [0, 0.05) is 17.3 Å². The fraction of sp³-hybridized carbons (Fsp3) is 0.250. The molecule has 0 saturated carbocycles. The first-order chi connectivity index (χ1) is 13.3. The van der Waals surface area contributed by atoms with Crippen LogP contribution in [-0.4, -0.2) is 32.7 Å². The summed E-state index contributed by atoms with van der Waals surface area (Å²) in [5.41, 5.74) is 1.26. The molecule has 0 fully saturated rings. The molecule has 0 radical (unpaired) electrons. The van der Waals surface area contributed by atoms with Gasteiger partial charge in [-0.25, -0.2) is 4.79 Å². The Balaban J connectivity index is 2.18. The lowest BCUT2D eigenvalue weighted by atomic mass is 10.0. The first-order valence-electron chi connectivity index (χ1n) is 8.70. The summed E-state index contributed by atoms with van der Waals surface area (Å²) in [6, 6.07) is 6.15. The summed E-state index contributed by atoms with van der Waals surface area (Å²) >= 11 is 1.55. The molecule has 1 aromatic carbocycles. The first-order valence-corrected chi connectivity index (χ1v) is 9.58. The van der Waals surface area contributed by atoms with Crippen LogP contribution >= 0.6 is 11.3 Å². The van der Waals surface area contributed by atoms with E-state index in [2.05, 4.69) is 5.32 Å². The number of aliphatic carboxylic acids is 1. The van der Waals surface area contributed by atoms with E-state index < -0.39 is 34.8 Å². The van der Waals surface area contributed by atoms with Crippen LogP contribution in [0.15, 0.2) is 34.4 Å². The molecular weight excluding hydrogens is 380 g/mol. The van der Waals surface area contributed by atoms with Crippen LogP contribution < -0.4 is 10.9 Å². The van der Waals surface area contributed by atoms with E-state index in [1.165, 1.54) is 11.6 Å². The van der Waals surface area contributed by atoms with Gasteiger partial charge in [0.1, 0.15) is 17.4 Å². The molecule has 28 heavy (non-hydrogen) atoms. The number of carbonyl (C=O) groups is 2. The maximum atomic E-state index is 12.6. The Morgan fingerprint density at radius 2 is 2.00 bits per heavy atom. The summed E-state index contributed by atoms with van der Waals surface area (Å²) in [4.78, 5) is 37.4. The van der Waals surface area contributed by atoms with Crippen LogP contribution in [0.5, 0.6) is 5.75 Å². The zero-order valence-corrected chi connectivity index (χ0v) is 16.5. The molecule has 0 aliphatic rings. The van der Waals surface area contributed by atoms with Gasteiger partial charge in [-0.3, -0.25) is 9.59 Å². The SMILES string of the molecule is CCC(NC(=O)c1c(O)c2cc(-c3sccc3C)ccc2n(C)c1=O)C(=O)O. The Hall–Kier alpha value is -3.13. The first kappa shape index (κ1) is 19.6. The summed E-state index contributed by atoms with van der Waals surface area (Å²) < 4.78 is 1.27. The number of rotatable bonds is 5. The molecule has 146 valence electrons. The van der Waals surface area contributed by atoms with Crippen LogP contribution in [0, 0.1) is 6.92 Å². The molecule has 0 aliphatic carbocycles. The third kappa shape index (κ3) is 3.27. The van der Waals surface area contributed by atoms with E-state index >= 15 is 0 Å². The fourth-order valence-corrected chi connectivity index (χ4v) is 4.04. The summed E-state index contributed by atoms with van der Waals surface area (Å²) in [6.45, 7) is 3.58. The third-order valence-corrected chi connectivity index (χ3v) is 5.80. The number of hydrogen-bond donors (Lipinski definition) is 3. The molecule has 0 aliphatic heterocycles. The van der Waals surface area contributed by atoms with Crippen molar-refractivity contribution < 1.29 is 19.8 Å². The maximum Gasteiger partial charge on any atom is 0.326 e. The topological polar surface area (TPSA) is 109 Å². The monoisotopic (exact) mass is 400 g/mol. The van der Waals surface area contributed by atoms with Crippen LogP contribution in [0.4, 0.5) is 0 Å². The molecule has 8 heteroatoms. The maximum absolute atomic E-state index is 12.6. The number of aromatic hydroxyl groups is 1. The average molecular weight is 400 g/mol. The number of thiophene rings is 1. The number of nitrogens with zero attached hydrogens (tertiary/aromatic N) is 1. The molecule has 7 nitrogen and oxygen atoms in total. The molecule has 3 aromatic rings. The number of aryl methyl sites for hydroxylation is 2. The van der Waals surface area contributed by atoms with Gasteiger partial charge in [-0.2, -0.15) is 0 Å². The van der Waals surface area contributed by atoms with Crippen LogP contribution in [0.3, 0.4) is 0 Å². The Bertz CT molecular complexity index is 1150. The molecule has 0 bridgehead atoms. The Labute approximate surface area is 164 Å². The zero-order chi connectivity index (χ0) is 20.6. The van der Waals surface area contributed by atoms with Crippen LogP contribution in [0.2, 0.25) is 0 Å². The lowest BCUT2D eigenvalue weighted by molar-refractivity contribution is -0.139. The Kier molecular flexibility index (Phi) is 5.24. The molecule has 2 aromatic heterocycles. The summed E-state index contributed by atoms with van der Waals surface area (Å²) in [5, 5.41) is 24.5. The van der Waals surface area contributed by atoms with Crippen molar-refractivity contribution in [3.05, 3.63) is 51.1 Å². The van der Waals surface area contributed by atoms with Crippen molar-refractivity contribution in [2.24, 2.45) is 7.05 Å². The van der Waals surface area contributed by atoms with Gasteiger partial charge in [0.2, 0.25) is 0 Å². The molecule has 2 heterocycles. The molecular formula is C20H20N2O5S. The quantitative estimate of drug-likeness (QED) is 0.610. The summed E-state index contributed by atoms with van der Waals surface area (Å²) in [7, 11) is 1.51. The van der Waals surface area contributed by atoms with Crippen molar-refractivity contribution in [2.75, 3.05) is 0 Å². The van der Waals surface area contributed by atoms with E-state index in [-0.39, 0.29) is 6.42 Å². The number of carboxylic acids is 1. The minimum Gasteiger partial charge on any atom is -0.506 e. The standard InChI is InChI=1S/C20H20N2O5S/c1-4-13(20(26)27)21-18(24)15-16(23)12-9-11(17-10(2)7-8-28-17)5-6-14(12)22(3)19(15)25/h5-9,13,23H,4H2,1-3H3,(H,21,24)(H,26,27). The molecule has 3 rings (SSSR count). The largest absolute Gasteiger partial charge is 0.506 e. The molecule has 3 N–H and O–H groups in total. The highest BCUT2D eigenvalue weighted by atomic mass is 32.1. The van der Waals surface area contributed by atoms with Gasteiger partial charge in [0.25, 0.3) is 11.5 Å². The number of amides is 1. The number of carboxylic acid groups (broad SMARTS) is 1. The molecule has 0 spiro atoms. The van der Waals surface area contributed by atoms with Crippen molar-refractivity contribution in [3.63, 3.8) is 0 Å². The van der Waals surface area contributed by atoms with Gasteiger partial charge in [-0.05, 0) is 48.1 Å². The van der Waals surface area contributed by atoms with Gasteiger partial charge in [-0.15, -0.1) is 11.3 Å². The highest BCUT2D eigenvalue weighted by molar-refractivity contribution is 7.13. The second-order valence-corrected chi connectivity index (χ2v) is 7.44. The predicted molar refractivity (Wildman–Crippen MR) is 108 cm³/mol. The van der Waals surface area contributed by atoms with E-state index in [1.807, 2.05) is 24.4 Å². The van der Waals surface area contributed by atoms with Crippen LogP contribution in [0.25, 0.3) is 21.3 Å². The van der Waals surface area contributed by atoms with Crippen molar-refractivity contribution in [2.45, 2.75) is 26.3 Å². The minimum absolute atomic E-state index is 0.150. The van der Waals surface area contributed by atoms with Crippen LogP contribution in [0.1, 0.15) is 29.3 Å². The highest BCUT2D eigenvalue weighted by Gasteiger charge is 2.25. The molecule has 1 unspecified atom stereocenters. The molecule has 1 amide bonds. The smallest absolute Gasteiger partial charge is 0.326 e.